The van der Waals surface area contributed by atoms with E-state index in [1.807, 2.05) is 22.9 Å². The number of pyridine rings is 1. The fourth-order valence-corrected chi connectivity index (χ4v) is 4.88. The third kappa shape index (κ3) is 4.11. The van der Waals surface area contributed by atoms with Gasteiger partial charge in [-0.2, -0.15) is 5.10 Å². The minimum Gasteiger partial charge on any atom is -0.265 e. The highest BCUT2D eigenvalue weighted by molar-refractivity contribution is 7.89. The molecule has 0 aliphatic heterocycles. The maximum absolute atomic E-state index is 12.6. The van der Waals surface area contributed by atoms with Gasteiger partial charge in [0.2, 0.25) is 10.0 Å². The summed E-state index contributed by atoms with van der Waals surface area (Å²) in [5.41, 5.74) is 2.70. The molecule has 0 amide bonds. The molecule has 0 atom stereocenters. The van der Waals surface area contributed by atoms with Crippen LogP contribution in [-0.4, -0.2) is 23.2 Å². The number of nitrogens with zero attached hydrogens (tertiary/aromatic N) is 3. The van der Waals surface area contributed by atoms with Crippen LogP contribution in [0.2, 0.25) is 5.02 Å². The van der Waals surface area contributed by atoms with E-state index in [9.17, 15) is 8.42 Å². The van der Waals surface area contributed by atoms with Gasteiger partial charge in [0.15, 0.2) is 0 Å². The van der Waals surface area contributed by atoms with E-state index in [1.54, 1.807) is 24.5 Å². The normalized spacial score (nSPS) is 15.2. The minimum absolute atomic E-state index is 0.118. The van der Waals surface area contributed by atoms with E-state index in [0.717, 1.165) is 24.1 Å². The van der Waals surface area contributed by atoms with Crippen molar-refractivity contribution in [3.63, 3.8) is 0 Å². The van der Waals surface area contributed by atoms with Gasteiger partial charge in [-0.05, 0) is 49.2 Å². The van der Waals surface area contributed by atoms with E-state index >= 15 is 0 Å². The third-order valence-electron chi connectivity index (χ3n) is 4.98. The Morgan fingerprint density at radius 1 is 1.11 bits per heavy atom. The van der Waals surface area contributed by atoms with Gasteiger partial charge in [-0.3, -0.25) is 9.67 Å². The second kappa shape index (κ2) is 8.03. The molecule has 28 heavy (non-hydrogen) atoms. The molecule has 1 fully saturated rings. The van der Waals surface area contributed by atoms with Crippen molar-refractivity contribution >= 4 is 21.6 Å². The van der Waals surface area contributed by atoms with E-state index in [1.165, 1.54) is 25.0 Å². The van der Waals surface area contributed by atoms with Gasteiger partial charge >= 0.3 is 0 Å². The van der Waals surface area contributed by atoms with Crippen LogP contribution in [0.15, 0.2) is 59.8 Å². The molecule has 1 N–H and O–H groups in total. The van der Waals surface area contributed by atoms with Crippen molar-refractivity contribution in [2.24, 2.45) is 0 Å². The lowest BCUT2D eigenvalue weighted by Gasteiger charge is -2.14. The molecule has 4 rings (SSSR count). The first-order valence-corrected chi connectivity index (χ1v) is 11.1. The minimum atomic E-state index is -3.66. The highest BCUT2D eigenvalue weighted by atomic mass is 35.5. The van der Waals surface area contributed by atoms with Gasteiger partial charge in [-0.25, -0.2) is 13.1 Å². The molecule has 0 bridgehead atoms. The van der Waals surface area contributed by atoms with Gasteiger partial charge in [0.1, 0.15) is 0 Å². The SMILES string of the molecule is O=S(=O)(NCc1cc(-c2ccncc2)n(C2CCCC2)n1)c1cccc(Cl)c1. The second-order valence-corrected chi connectivity index (χ2v) is 9.12. The molecule has 0 unspecified atom stereocenters. The Bertz CT molecular complexity index is 1060. The molecule has 146 valence electrons. The fraction of sp³-hybridized carbons (Fsp3) is 0.300. The van der Waals surface area contributed by atoms with Crippen LogP contribution in [0.1, 0.15) is 37.4 Å². The Morgan fingerprint density at radius 3 is 2.57 bits per heavy atom. The van der Waals surface area contributed by atoms with Gasteiger partial charge in [-0.1, -0.05) is 30.5 Å². The molecule has 8 heteroatoms. The first-order valence-electron chi connectivity index (χ1n) is 9.27. The van der Waals surface area contributed by atoms with Crippen LogP contribution >= 0.6 is 11.6 Å². The van der Waals surface area contributed by atoms with E-state index in [0.29, 0.717) is 16.8 Å². The lowest BCUT2D eigenvalue weighted by molar-refractivity contribution is 0.467. The number of sulfonamides is 1. The zero-order valence-electron chi connectivity index (χ0n) is 15.3. The first-order chi connectivity index (χ1) is 13.5. The summed E-state index contributed by atoms with van der Waals surface area (Å²) in [6, 6.07) is 12.4. The van der Waals surface area contributed by atoms with Crippen LogP contribution in [0.25, 0.3) is 11.3 Å². The molecule has 0 spiro atoms. The van der Waals surface area contributed by atoms with Crippen molar-refractivity contribution in [2.45, 2.75) is 43.2 Å². The maximum atomic E-state index is 12.6. The van der Waals surface area contributed by atoms with E-state index < -0.39 is 10.0 Å². The monoisotopic (exact) mass is 416 g/mol. The van der Waals surface area contributed by atoms with Crippen LogP contribution in [-0.2, 0) is 16.6 Å². The van der Waals surface area contributed by atoms with Gasteiger partial charge < -0.3 is 0 Å². The van der Waals surface area contributed by atoms with Crippen LogP contribution < -0.4 is 4.72 Å². The highest BCUT2D eigenvalue weighted by Gasteiger charge is 2.23. The van der Waals surface area contributed by atoms with Crippen LogP contribution in [0.4, 0.5) is 0 Å². The smallest absolute Gasteiger partial charge is 0.240 e. The first kappa shape index (κ1) is 19.1. The summed E-state index contributed by atoms with van der Waals surface area (Å²) in [4.78, 5) is 4.23. The molecule has 3 aromatic rings. The molecule has 1 aliphatic carbocycles. The van der Waals surface area contributed by atoms with Crippen molar-refractivity contribution in [3.05, 3.63) is 65.6 Å². The van der Waals surface area contributed by atoms with Crippen molar-refractivity contribution in [1.29, 1.82) is 0 Å². The lowest BCUT2D eigenvalue weighted by atomic mass is 10.1. The molecule has 0 saturated heterocycles. The second-order valence-electron chi connectivity index (χ2n) is 6.92. The van der Waals surface area contributed by atoms with E-state index in [4.69, 9.17) is 16.7 Å². The Kier molecular flexibility index (Phi) is 5.48. The molecule has 1 aliphatic rings. The van der Waals surface area contributed by atoms with Crippen LogP contribution in [0.3, 0.4) is 0 Å². The average Bonchev–Trinajstić information content (AvgIpc) is 3.37. The standard InChI is InChI=1S/C20H21ClN4O2S/c21-16-4-3-7-19(12-16)28(26,27)23-14-17-13-20(15-8-10-22-11-9-15)25(24-17)18-5-1-2-6-18/h3-4,7-13,18,23H,1-2,5-6,14H2. The van der Waals surface area contributed by atoms with Gasteiger partial charge in [0, 0.05) is 23.0 Å². The highest BCUT2D eigenvalue weighted by Crippen LogP contribution is 2.33. The number of halogens is 1. The summed E-state index contributed by atoms with van der Waals surface area (Å²) in [5, 5.41) is 5.11. The van der Waals surface area contributed by atoms with E-state index in [2.05, 4.69) is 9.71 Å². The van der Waals surface area contributed by atoms with Crippen LogP contribution in [0, 0.1) is 0 Å². The summed E-state index contributed by atoms with van der Waals surface area (Å²) in [5.74, 6) is 0. The molecule has 1 saturated carbocycles. The lowest BCUT2D eigenvalue weighted by Crippen LogP contribution is -2.23. The molecule has 6 nitrogen and oxygen atoms in total. The Morgan fingerprint density at radius 2 is 1.86 bits per heavy atom. The average molecular weight is 417 g/mol. The summed E-state index contributed by atoms with van der Waals surface area (Å²) < 4.78 is 29.8. The summed E-state index contributed by atoms with van der Waals surface area (Å²) in [6.45, 7) is 0.118. The summed E-state index contributed by atoms with van der Waals surface area (Å²) in [7, 11) is -3.66. The number of nitrogens with one attached hydrogen (secondary N) is 1. The Balaban J connectivity index is 1.60. The number of hydrogen-bond donors (Lipinski definition) is 1. The quantitative estimate of drug-likeness (QED) is 0.653. The maximum Gasteiger partial charge on any atom is 0.240 e. The molecular weight excluding hydrogens is 396 g/mol. The molecular formula is C20H21ClN4O2S. The summed E-state index contributed by atoms with van der Waals surface area (Å²) >= 11 is 5.92. The number of benzene rings is 1. The van der Waals surface area contributed by atoms with Crippen molar-refractivity contribution in [2.75, 3.05) is 0 Å². The third-order valence-corrected chi connectivity index (χ3v) is 6.62. The van der Waals surface area contributed by atoms with Crippen LogP contribution in [0.5, 0.6) is 0 Å². The molecule has 2 heterocycles. The van der Waals surface area contributed by atoms with Crippen molar-refractivity contribution < 1.29 is 8.42 Å². The number of hydrogen-bond acceptors (Lipinski definition) is 4. The zero-order chi connectivity index (χ0) is 19.6. The number of rotatable bonds is 6. The number of aromatic nitrogens is 3. The van der Waals surface area contributed by atoms with Gasteiger partial charge in [-0.15, -0.1) is 0 Å². The van der Waals surface area contributed by atoms with Gasteiger partial charge in [0.25, 0.3) is 0 Å². The summed E-state index contributed by atoms with van der Waals surface area (Å²) in [6.07, 6.45) is 8.07. The largest absolute Gasteiger partial charge is 0.265 e. The topological polar surface area (TPSA) is 76.9 Å². The molecule has 0 radical (unpaired) electrons. The molecule has 1 aromatic carbocycles. The fourth-order valence-electron chi connectivity index (χ4n) is 3.58. The van der Waals surface area contributed by atoms with Crippen molar-refractivity contribution in [3.8, 4) is 11.3 Å². The Hall–Kier alpha value is -2.22. The predicted octanol–water partition coefficient (Wildman–Crippen LogP) is 4.19. The van der Waals surface area contributed by atoms with Gasteiger partial charge in [0.05, 0.1) is 28.9 Å². The van der Waals surface area contributed by atoms with E-state index in [-0.39, 0.29) is 11.4 Å². The Labute approximate surface area is 169 Å². The molecule has 2 aromatic heterocycles. The van der Waals surface area contributed by atoms with Crippen molar-refractivity contribution in [1.82, 2.24) is 19.5 Å². The predicted molar refractivity (Wildman–Crippen MR) is 108 cm³/mol. The zero-order valence-corrected chi connectivity index (χ0v) is 16.8.